The molecular formula is C24H37N3O5. The smallest absolute Gasteiger partial charge is 0.411 e. The summed E-state index contributed by atoms with van der Waals surface area (Å²) in [6.45, 7) is 20.7. The Balaban J connectivity index is 0.000000181. The van der Waals surface area contributed by atoms with Crippen molar-refractivity contribution in [3.63, 3.8) is 0 Å². The van der Waals surface area contributed by atoms with E-state index >= 15 is 0 Å². The van der Waals surface area contributed by atoms with E-state index < -0.39 is 23.7 Å². The van der Waals surface area contributed by atoms with Gasteiger partial charge in [-0.15, -0.1) is 0 Å². The summed E-state index contributed by atoms with van der Waals surface area (Å²) in [5.41, 5.74) is -0.594. The largest absolute Gasteiger partial charge is 0.480 e. The highest BCUT2D eigenvalue weighted by molar-refractivity contribution is 5.82. The summed E-state index contributed by atoms with van der Waals surface area (Å²) in [5, 5.41) is 9.02. The van der Waals surface area contributed by atoms with Crippen molar-refractivity contribution in [3.05, 3.63) is 11.4 Å². The van der Waals surface area contributed by atoms with Gasteiger partial charge in [0.05, 0.1) is 0 Å². The van der Waals surface area contributed by atoms with Crippen LogP contribution >= 0.6 is 0 Å². The molecular weight excluding hydrogens is 410 g/mol. The third-order valence-corrected chi connectivity index (χ3v) is 7.14. The van der Waals surface area contributed by atoms with Gasteiger partial charge < -0.3 is 9.84 Å². The minimum atomic E-state index is -0.932. The van der Waals surface area contributed by atoms with Crippen LogP contribution < -0.4 is 0 Å². The Morgan fingerprint density at radius 2 is 1.50 bits per heavy atom. The van der Waals surface area contributed by atoms with Gasteiger partial charge in [0, 0.05) is 24.4 Å². The Morgan fingerprint density at radius 1 is 0.969 bits per heavy atom. The van der Waals surface area contributed by atoms with Gasteiger partial charge in [0.15, 0.2) is 0 Å². The van der Waals surface area contributed by atoms with Crippen LogP contribution in [0.2, 0.25) is 0 Å². The van der Waals surface area contributed by atoms with E-state index in [4.69, 9.17) is 16.4 Å². The number of carboxylic acid groups (broad SMARTS) is 1. The van der Waals surface area contributed by atoms with Crippen molar-refractivity contribution < 1.29 is 24.2 Å². The first-order valence-electron chi connectivity index (χ1n) is 11.6. The van der Waals surface area contributed by atoms with Crippen molar-refractivity contribution >= 4 is 18.0 Å². The number of carbonyl (C=O) groups excluding carboxylic acids is 2. The number of rotatable bonds is 2. The lowest BCUT2D eigenvalue weighted by Crippen LogP contribution is -2.45. The zero-order chi connectivity index (χ0) is 24.2. The van der Waals surface area contributed by atoms with Gasteiger partial charge in [0.25, 0.3) is 0 Å². The number of piperidine rings is 2. The number of fused-ring (bicyclic) bond motifs is 2. The molecule has 0 aromatic rings. The van der Waals surface area contributed by atoms with Crippen LogP contribution in [-0.2, 0) is 14.3 Å². The summed E-state index contributed by atoms with van der Waals surface area (Å²) in [5.74, 6) is 0.233. The minimum absolute atomic E-state index is 0.00361. The van der Waals surface area contributed by atoms with E-state index in [0.717, 1.165) is 19.3 Å². The summed E-state index contributed by atoms with van der Waals surface area (Å²) in [6, 6.07) is -0.217. The molecule has 32 heavy (non-hydrogen) atoms. The van der Waals surface area contributed by atoms with Crippen LogP contribution in [0.4, 0.5) is 4.79 Å². The summed E-state index contributed by atoms with van der Waals surface area (Å²) in [6.07, 6.45) is 2.83. The fourth-order valence-corrected chi connectivity index (χ4v) is 4.70. The summed E-state index contributed by atoms with van der Waals surface area (Å²) < 4.78 is 5.22. The van der Waals surface area contributed by atoms with Gasteiger partial charge in [-0.2, -0.15) is 0 Å². The predicted molar refractivity (Wildman–Crippen MR) is 118 cm³/mol. The molecule has 0 bridgehead atoms. The van der Waals surface area contributed by atoms with Gasteiger partial charge >= 0.3 is 18.2 Å². The Bertz CT molecular complexity index is 821. The number of ether oxygens (including phenoxy) is 1. The maximum Gasteiger partial charge on any atom is 0.411 e. The van der Waals surface area contributed by atoms with Crippen molar-refractivity contribution in [1.29, 1.82) is 0 Å². The molecule has 0 aromatic heterocycles. The number of hydrogen-bond donors (Lipinski definition) is 1. The molecule has 2 heterocycles. The van der Waals surface area contributed by atoms with Crippen molar-refractivity contribution in [2.24, 2.45) is 23.2 Å². The van der Waals surface area contributed by atoms with Gasteiger partial charge in [0.1, 0.15) is 11.6 Å². The zero-order valence-corrected chi connectivity index (χ0v) is 20.3. The summed E-state index contributed by atoms with van der Waals surface area (Å²) in [4.78, 5) is 42.1. The van der Waals surface area contributed by atoms with E-state index in [0.29, 0.717) is 24.3 Å². The van der Waals surface area contributed by atoms with E-state index in [1.807, 2.05) is 11.8 Å². The predicted octanol–water partition coefficient (Wildman–Crippen LogP) is 4.00. The van der Waals surface area contributed by atoms with Crippen LogP contribution in [0.1, 0.15) is 74.1 Å². The Kier molecular flexibility index (Phi) is 6.27. The van der Waals surface area contributed by atoms with E-state index in [9.17, 15) is 14.4 Å². The van der Waals surface area contributed by atoms with Gasteiger partial charge in [-0.3, -0.25) is 19.4 Å². The molecule has 2 aliphatic heterocycles. The first kappa shape index (κ1) is 24.3. The molecule has 4 aliphatic rings. The Hall–Kier alpha value is -2.30. The van der Waals surface area contributed by atoms with Crippen molar-refractivity contribution in [2.75, 3.05) is 0 Å². The maximum absolute atomic E-state index is 12.4. The molecule has 178 valence electrons. The molecule has 3 unspecified atom stereocenters. The number of carboxylic acids is 1. The first-order chi connectivity index (χ1) is 14.7. The van der Waals surface area contributed by atoms with Crippen molar-refractivity contribution in [3.8, 4) is 0 Å². The molecule has 2 saturated heterocycles. The highest BCUT2D eigenvalue weighted by atomic mass is 16.6. The minimum Gasteiger partial charge on any atom is -0.480 e. The fraction of sp³-hybridized carbons (Fsp3) is 0.833. The molecule has 4 rings (SSSR count). The van der Waals surface area contributed by atoms with Crippen LogP contribution in [0.3, 0.4) is 0 Å². The molecule has 8 nitrogen and oxygen atoms in total. The number of nitrogens with zero attached hydrogens (tertiary/aromatic N) is 3. The van der Waals surface area contributed by atoms with Crippen LogP contribution in [0.25, 0.3) is 4.85 Å². The standard InChI is InChI=1S/C13H20N2O.C11H17NO4/c1-8(13(2,3)4)12(16)15-10-6-9(10)7-11(15)14-5;1-11(2,3)16-10(15)12-7-4-6(7)5-8(12)9(13)14/h8-11H,6-7H2,1-4H3;6-8H,4-5H2,1-3H3,(H,13,14)/t8?,9-,10?,11-;6-,7?,8-/m00/s1. The molecule has 0 radical (unpaired) electrons. The molecule has 2 amide bonds. The molecule has 2 aliphatic carbocycles. The van der Waals surface area contributed by atoms with Gasteiger partial charge in [-0.25, -0.2) is 16.2 Å². The average molecular weight is 448 g/mol. The Morgan fingerprint density at radius 3 is 1.97 bits per heavy atom. The number of carbonyl (C=O) groups is 3. The summed E-state index contributed by atoms with van der Waals surface area (Å²) >= 11 is 0. The molecule has 0 aromatic carbocycles. The topological polar surface area (TPSA) is 91.5 Å². The van der Waals surface area contributed by atoms with Crippen LogP contribution in [-0.4, -0.2) is 62.8 Å². The number of aliphatic carboxylic acids is 1. The number of hydrogen-bond acceptors (Lipinski definition) is 4. The second-order valence-corrected chi connectivity index (χ2v) is 11.8. The summed E-state index contributed by atoms with van der Waals surface area (Å²) in [7, 11) is 0. The van der Waals surface area contributed by atoms with Crippen LogP contribution in [0.5, 0.6) is 0 Å². The van der Waals surface area contributed by atoms with E-state index in [2.05, 4.69) is 25.6 Å². The highest BCUT2D eigenvalue weighted by Gasteiger charge is 2.58. The van der Waals surface area contributed by atoms with Gasteiger partial charge in [-0.05, 0) is 57.3 Å². The van der Waals surface area contributed by atoms with Crippen molar-refractivity contribution in [1.82, 2.24) is 9.80 Å². The van der Waals surface area contributed by atoms with E-state index in [1.165, 1.54) is 4.90 Å². The highest BCUT2D eigenvalue weighted by Crippen LogP contribution is 2.50. The van der Waals surface area contributed by atoms with Crippen LogP contribution in [0.15, 0.2) is 0 Å². The third-order valence-electron chi connectivity index (χ3n) is 7.14. The molecule has 7 atom stereocenters. The molecule has 2 saturated carbocycles. The lowest BCUT2D eigenvalue weighted by Gasteiger charge is -2.30. The van der Waals surface area contributed by atoms with E-state index in [1.54, 1.807) is 20.8 Å². The second kappa shape index (κ2) is 8.24. The maximum atomic E-state index is 12.4. The first-order valence-corrected chi connectivity index (χ1v) is 11.6. The number of likely N-dealkylation sites (tertiary alicyclic amines) is 2. The normalized spacial score (nSPS) is 33.2. The van der Waals surface area contributed by atoms with Crippen LogP contribution in [0, 0.1) is 29.7 Å². The molecule has 8 heteroatoms. The van der Waals surface area contributed by atoms with Crippen molar-refractivity contribution in [2.45, 2.75) is 104 Å². The molecule has 4 fully saturated rings. The SMILES string of the molecule is CC(C)(C)OC(=O)N1C2C[C@H]2C[C@H]1C(=O)O.[C-]#[N+][C@@H]1C[C@@H]2CC2N1C(=O)C(C)C(C)(C)C. The number of amides is 2. The molecule has 0 spiro atoms. The monoisotopic (exact) mass is 447 g/mol. The second-order valence-electron chi connectivity index (χ2n) is 11.8. The molecule has 1 N–H and O–H groups in total. The zero-order valence-electron chi connectivity index (χ0n) is 20.3. The van der Waals surface area contributed by atoms with Gasteiger partial charge in [-0.1, -0.05) is 27.7 Å². The fourth-order valence-electron chi connectivity index (χ4n) is 4.70. The lowest BCUT2D eigenvalue weighted by molar-refractivity contribution is -0.142. The van der Waals surface area contributed by atoms with E-state index in [-0.39, 0.29) is 29.4 Å². The quantitative estimate of drug-likeness (QED) is 0.646. The third kappa shape index (κ3) is 5.02. The average Bonchev–Trinajstić information content (AvgIpc) is 3.53. The van der Waals surface area contributed by atoms with Gasteiger partial charge in [0.2, 0.25) is 5.91 Å². The lowest BCUT2D eigenvalue weighted by atomic mass is 9.81. The Labute approximate surface area is 191 Å².